The van der Waals surface area contributed by atoms with Gasteiger partial charge in [0.2, 0.25) is 5.91 Å². The molecule has 1 unspecified atom stereocenters. The smallest absolute Gasteiger partial charge is 0.326 e. The summed E-state index contributed by atoms with van der Waals surface area (Å²) in [6.45, 7) is 1.72. The number of hydrogen-bond donors (Lipinski definition) is 2. The van der Waals surface area contributed by atoms with Crippen molar-refractivity contribution in [2.75, 3.05) is 18.5 Å². The summed E-state index contributed by atoms with van der Waals surface area (Å²) in [4.78, 5) is 28.2. The Balaban J connectivity index is 2.56. The zero-order valence-corrected chi connectivity index (χ0v) is 11.5. The second-order valence-electron chi connectivity index (χ2n) is 4.06. The fraction of sp³-hybridized carbons (Fsp3) is 0.417. The molecule has 0 radical (unpaired) electrons. The summed E-state index contributed by atoms with van der Waals surface area (Å²) in [5.41, 5.74) is 0. The molecule has 0 aliphatic heterocycles. The molecule has 0 fully saturated rings. The van der Waals surface area contributed by atoms with Gasteiger partial charge in [-0.2, -0.15) is 0 Å². The number of carbonyl (C=O) groups excluding carboxylic acids is 1. The first-order valence-electron chi connectivity index (χ1n) is 5.79. The Kier molecular flexibility index (Phi) is 5.57. The summed E-state index contributed by atoms with van der Waals surface area (Å²) in [7, 11) is 1.69. The molecule has 1 heterocycles. The van der Waals surface area contributed by atoms with Gasteiger partial charge in [-0.15, -0.1) is 0 Å². The first-order chi connectivity index (χ1) is 8.93. The first-order valence-corrected chi connectivity index (χ1v) is 6.16. The van der Waals surface area contributed by atoms with E-state index in [2.05, 4.69) is 10.3 Å². The minimum Gasteiger partial charge on any atom is -0.480 e. The van der Waals surface area contributed by atoms with E-state index in [0.717, 1.165) is 0 Å². The third kappa shape index (κ3) is 4.75. The van der Waals surface area contributed by atoms with Crippen LogP contribution in [0.4, 0.5) is 5.82 Å². The number of hydrogen-bond acceptors (Lipinski definition) is 4. The van der Waals surface area contributed by atoms with Crippen molar-refractivity contribution >= 4 is 29.3 Å². The van der Waals surface area contributed by atoms with Crippen LogP contribution in [-0.2, 0) is 9.59 Å². The maximum Gasteiger partial charge on any atom is 0.326 e. The van der Waals surface area contributed by atoms with Crippen molar-refractivity contribution in [3.63, 3.8) is 0 Å². The number of aromatic nitrogens is 1. The fourth-order valence-corrected chi connectivity index (χ4v) is 1.58. The van der Waals surface area contributed by atoms with Gasteiger partial charge in [0, 0.05) is 13.2 Å². The Morgan fingerprint density at radius 1 is 1.53 bits per heavy atom. The van der Waals surface area contributed by atoms with Gasteiger partial charge in [0.25, 0.3) is 0 Å². The average molecular weight is 286 g/mol. The van der Waals surface area contributed by atoms with Gasteiger partial charge in [-0.3, -0.25) is 4.79 Å². The quantitative estimate of drug-likeness (QED) is 0.819. The van der Waals surface area contributed by atoms with Crippen LogP contribution in [0.1, 0.15) is 13.3 Å². The van der Waals surface area contributed by atoms with Crippen LogP contribution in [0, 0.1) is 0 Å². The molecule has 0 saturated heterocycles. The van der Waals surface area contributed by atoms with Crippen LogP contribution in [0.3, 0.4) is 0 Å². The highest BCUT2D eigenvalue weighted by Crippen LogP contribution is 2.12. The number of anilines is 1. The Morgan fingerprint density at radius 3 is 2.68 bits per heavy atom. The average Bonchev–Trinajstić information content (AvgIpc) is 2.36. The number of rotatable bonds is 6. The van der Waals surface area contributed by atoms with Crippen molar-refractivity contribution in [1.82, 2.24) is 10.3 Å². The van der Waals surface area contributed by atoms with Gasteiger partial charge in [0.05, 0.1) is 11.6 Å². The number of amides is 1. The largest absolute Gasteiger partial charge is 0.480 e. The molecule has 1 aromatic rings. The molecular weight excluding hydrogens is 270 g/mol. The standard InChI is InChI=1S/C12H16ClN3O3/c1-3-9(12(18)19)15-11(17)7-16(2)10-5-4-8(13)6-14-10/h4-6,9H,3,7H2,1-2H3,(H,15,17)(H,18,19). The van der Waals surface area contributed by atoms with E-state index in [1.807, 2.05) is 0 Å². The number of likely N-dealkylation sites (N-methyl/N-ethyl adjacent to an activating group) is 1. The van der Waals surface area contributed by atoms with Crippen LogP contribution < -0.4 is 10.2 Å². The third-order valence-electron chi connectivity index (χ3n) is 2.53. The van der Waals surface area contributed by atoms with Crippen molar-refractivity contribution < 1.29 is 14.7 Å². The van der Waals surface area contributed by atoms with Gasteiger partial charge in [0.15, 0.2) is 0 Å². The molecule has 0 bridgehead atoms. The number of nitrogens with one attached hydrogen (secondary N) is 1. The molecule has 2 N–H and O–H groups in total. The SMILES string of the molecule is CCC(NC(=O)CN(C)c1ccc(Cl)cn1)C(=O)O. The second-order valence-corrected chi connectivity index (χ2v) is 4.49. The van der Waals surface area contributed by atoms with E-state index in [0.29, 0.717) is 17.3 Å². The summed E-state index contributed by atoms with van der Waals surface area (Å²) in [6.07, 6.45) is 1.82. The van der Waals surface area contributed by atoms with Gasteiger partial charge < -0.3 is 15.3 Å². The number of carboxylic acids is 1. The Bertz CT molecular complexity index is 450. The van der Waals surface area contributed by atoms with Crippen molar-refractivity contribution in [3.8, 4) is 0 Å². The van der Waals surface area contributed by atoms with E-state index in [4.69, 9.17) is 16.7 Å². The molecule has 0 spiro atoms. The molecule has 0 aliphatic carbocycles. The summed E-state index contributed by atoms with van der Waals surface area (Å²) < 4.78 is 0. The molecule has 0 saturated carbocycles. The van der Waals surface area contributed by atoms with E-state index >= 15 is 0 Å². The number of aliphatic carboxylic acids is 1. The Labute approximate surface area is 116 Å². The molecule has 1 aromatic heterocycles. The van der Waals surface area contributed by atoms with Crippen LogP contribution in [0.5, 0.6) is 0 Å². The highest BCUT2D eigenvalue weighted by atomic mass is 35.5. The lowest BCUT2D eigenvalue weighted by molar-refractivity contribution is -0.141. The lowest BCUT2D eigenvalue weighted by Gasteiger charge is -2.19. The maximum atomic E-state index is 11.7. The van der Waals surface area contributed by atoms with Crippen LogP contribution in [0.2, 0.25) is 5.02 Å². The predicted molar refractivity (Wildman–Crippen MR) is 72.4 cm³/mol. The zero-order chi connectivity index (χ0) is 14.4. The monoisotopic (exact) mass is 285 g/mol. The number of pyridine rings is 1. The fourth-order valence-electron chi connectivity index (χ4n) is 1.47. The molecule has 7 heteroatoms. The normalized spacial score (nSPS) is 11.7. The molecule has 1 atom stereocenters. The zero-order valence-electron chi connectivity index (χ0n) is 10.8. The molecular formula is C12H16ClN3O3. The number of carboxylic acid groups (broad SMARTS) is 1. The van der Waals surface area contributed by atoms with Crippen LogP contribution >= 0.6 is 11.6 Å². The van der Waals surface area contributed by atoms with E-state index in [1.165, 1.54) is 6.20 Å². The van der Waals surface area contributed by atoms with Gasteiger partial charge in [-0.1, -0.05) is 18.5 Å². The van der Waals surface area contributed by atoms with Crippen LogP contribution in [0.15, 0.2) is 18.3 Å². The minimum absolute atomic E-state index is 0.0262. The predicted octanol–water partition coefficient (Wildman–Crippen LogP) is 1.15. The highest BCUT2D eigenvalue weighted by Gasteiger charge is 2.18. The van der Waals surface area contributed by atoms with Gasteiger partial charge in [0.1, 0.15) is 11.9 Å². The maximum absolute atomic E-state index is 11.7. The molecule has 19 heavy (non-hydrogen) atoms. The molecule has 6 nitrogen and oxygen atoms in total. The minimum atomic E-state index is -1.04. The number of nitrogens with zero attached hydrogens (tertiary/aromatic N) is 2. The number of carbonyl (C=O) groups is 2. The second kappa shape index (κ2) is 6.94. The summed E-state index contributed by atoms with van der Waals surface area (Å²) in [6, 6.07) is 2.49. The Morgan fingerprint density at radius 2 is 2.21 bits per heavy atom. The summed E-state index contributed by atoms with van der Waals surface area (Å²) in [5, 5.41) is 11.8. The highest BCUT2D eigenvalue weighted by molar-refractivity contribution is 6.30. The van der Waals surface area contributed by atoms with Crippen molar-refractivity contribution in [2.24, 2.45) is 0 Å². The molecule has 104 valence electrons. The van der Waals surface area contributed by atoms with Crippen molar-refractivity contribution in [1.29, 1.82) is 0 Å². The van der Waals surface area contributed by atoms with Crippen molar-refractivity contribution in [2.45, 2.75) is 19.4 Å². The first kappa shape index (κ1) is 15.2. The van der Waals surface area contributed by atoms with E-state index in [1.54, 1.807) is 31.0 Å². The number of halogens is 1. The van der Waals surface area contributed by atoms with E-state index in [9.17, 15) is 9.59 Å². The van der Waals surface area contributed by atoms with Gasteiger partial charge in [-0.25, -0.2) is 9.78 Å². The molecule has 1 amide bonds. The Hall–Kier alpha value is -1.82. The van der Waals surface area contributed by atoms with E-state index in [-0.39, 0.29) is 12.5 Å². The van der Waals surface area contributed by atoms with Crippen LogP contribution in [0.25, 0.3) is 0 Å². The summed E-state index contributed by atoms with van der Waals surface area (Å²) in [5.74, 6) is -0.820. The topological polar surface area (TPSA) is 82.5 Å². The molecule has 0 aromatic carbocycles. The molecule has 1 rings (SSSR count). The molecule has 0 aliphatic rings. The lowest BCUT2D eigenvalue weighted by Crippen LogP contribution is -2.44. The van der Waals surface area contributed by atoms with Crippen LogP contribution in [-0.4, -0.2) is 41.6 Å². The summed E-state index contributed by atoms with van der Waals surface area (Å²) >= 11 is 5.72. The van der Waals surface area contributed by atoms with Crippen molar-refractivity contribution in [3.05, 3.63) is 23.4 Å². The lowest BCUT2D eigenvalue weighted by atomic mass is 10.2. The van der Waals surface area contributed by atoms with Gasteiger partial charge >= 0.3 is 5.97 Å². The van der Waals surface area contributed by atoms with E-state index < -0.39 is 12.0 Å². The third-order valence-corrected chi connectivity index (χ3v) is 2.75. The van der Waals surface area contributed by atoms with Gasteiger partial charge in [-0.05, 0) is 18.6 Å².